The predicted octanol–water partition coefficient (Wildman–Crippen LogP) is 4.50. The van der Waals surface area contributed by atoms with Crippen LogP contribution in [0.4, 0.5) is 0 Å². The van der Waals surface area contributed by atoms with Crippen LogP contribution < -0.4 is 0 Å². The van der Waals surface area contributed by atoms with Gasteiger partial charge in [0.2, 0.25) is 0 Å². The van der Waals surface area contributed by atoms with Crippen LogP contribution in [0, 0.1) is 13.8 Å². The number of carbonyl (C=O) groups is 3. The lowest BCUT2D eigenvalue weighted by Crippen LogP contribution is -2.43. The summed E-state index contributed by atoms with van der Waals surface area (Å²) in [6.07, 6.45) is 3.23. The number of Topliss-reactive ketones (excluding diaryl/α,β-unsaturated/α-hetero) is 1. The van der Waals surface area contributed by atoms with Crippen LogP contribution in [-0.4, -0.2) is 46.8 Å². The Hall–Kier alpha value is -2.89. The molecule has 1 amide bonds. The van der Waals surface area contributed by atoms with Crippen molar-refractivity contribution in [1.29, 1.82) is 0 Å². The van der Waals surface area contributed by atoms with Gasteiger partial charge >= 0.3 is 5.97 Å². The molecule has 168 valence electrons. The lowest BCUT2D eigenvalue weighted by Gasteiger charge is -2.27. The Bertz CT molecular complexity index is 957. The van der Waals surface area contributed by atoms with Gasteiger partial charge in [-0.3, -0.25) is 9.59 Å². The number of benzene rings is 1. The van der Waals surface area contributed by atoms with Crippen molar-refractivity contribution >= 4 is 17.7 Å². The van der Waals surface area contributed by atoms with Gasteiger partial charge in [0.1, 0.15) is 5.69 Å². The largest absolute Gasteiger partial charge is 0.464 e. The first-order valence-corrected chi connectivity index (χ1v) is 10.9. The zero-order valence-corrected chi connectivity index (χ0v) is 19.7. The molecule has 1 heterocycles. The smallest absolute Gasteiger partial charge is 0.354 e. The molecule has 0 saturated carbocycles. The Morgan fingerprint density at radius 2 is 1.71 bits per heavy atom. The lowest BCUT2D eigenvalue weighted by molar-refractivity contribution is 0.0588. The molecule has 6 nitrogen and oxygen atoms in total. The number of esters is 1. The van der Waals surface area contributed by atoms with Crippen LogP contribution in [0.3, 0.4) is 0 Å². The van der Waals surface area contributed by atoms with Gasteiger partial charge in [-0.1, -0.05) is 25.5 Å². The molecule has 0 aliphatic heterocycles. The average molecular weight is 427 g/mol. The maximum Gasteiger partial charge on any atom is 0.354 e. The molecule has 1 aromatic heterocycles. The highest BCUT2D eigenvalue weighted by Gasteiger charge is 2.32. The number of ether oxygens (including phenoxy) is 1. The fourth-order valence-corrected chi connectivity index (χ4v) is 4.03. The number of rotatable bonds is 9. The zero-order valence-electron chi connectivity index (χ0n) is 19.7. The summed E-state index contributed by atoms with van der Waals surface area (Å²) in [6.45, 7) is 9.70. The molecule has 0 spiro atoms. The molecule has 6 heteroatoms. The Morgan fingerprint density at radius 3 is 2.23 bits per heavy atom. The fraction of sp³-hybridized carbons (Fsp3) is 0.480. The van der Waals surface area contributed by atoms with Crippen molar-refractivity contribution in [2.45, 2.75) is 59.9 Å². The number of carbonyl (C=O) groups excluding carboxylic acids is 3. The SMILES string of the molecule is CCCCc1ccc(C(=O)N(CC)[C@H](C)C(=O)c2c(C)c(C(=O)OC)n(C)c2C)cc1. The third kappa shape index (κ3) is 4.89. The van der Waals surface area contributed by atoms with E-state index in [9.17, 15) is 14.4 Å². The van der Waals surface area contributed by atoms with Gasteiger partial charge in [-0.25, -0.2) is 4.79 Å². The second-order valence-corrected chi connectivity index (χ2v) is 7.92. The molecule has 31 heavy (non-hydrogen) atoms. The zero-order chi connectivity index (χ0) is 23.3. The van der Waals surface area contributed by atoms with Gasteiger partial charge in [0.05, 0.1) is 13.2 Å². The quantitative estimate of drug-likeness (QED) is 0.437. The molecule has 0 fully saturated rings. The monoisotopic (exact) mass is 426 g/mol. The Balaban J connectivity index is 2.32. The summed E-state index contributed by atoms with van der Waals surface area (Å²) in [7, 11) is 3.05. The normalized spacial score (nSPS) is 11.8. The highest BCUT2D eigenvalue weighted by molar-refractivity contribution is 6.07. The van der Waals surface area contributed by atoms with Crippen LogP contribution in [0.15, 0.2) is 24.3 Å². The number of nitrogens with zero attached hydrogens (tertiary/aromatic N) is 2. The van der Waals surface area contributed by atoms with E-state index in [0.717, 1.165) is 19.3 Å². The highest BCUT2D eigenvalue weighted by atomic mass is 16.5. The van der Waals surface area contributed by atoms with Crippen molar-refractivity contribution < 1.29 is 19.1 Å². The molecule has 1 atom stereocenters. The van der Waals surface area contributed by atoms with Crippen molar-refractivity contribution in [3.63, 3.8) is 0 Å². The number of methoxy groups -OCH3 is 1. The second kappa shape index (κ2) is 10.4. The second-order valence-electron chi connectivity index (χ2n) is 7.92. The predicted molar refractivity (Wildman–Crippen MR) is 122 cm³/mol. The summed E-state index contributed by atoms with van der Waals surface area (Å²) in [6, 6.07) is 6.97. The summed E-state index contributed by atoms with van der Waals surface area (Å²) in [5.74, 6) is -0.846. The van der Waals surface area contributed by atoms with Crippen molar-refractivity contribution in [3.8, 4) is 0 Å². The molecular formula is C25H34N2O4. The molecule has 2 aromatic rings. The summed E-state index contributed by atoms with van der Waals surface area (Å²) in [5.41, 5.74) is 3.85. The van der Waals surface area contributed by atoms with E-state index in [2.05, 4.69) is 6.92 Å². The van der Waals surface area contributed by atoms with E-state index in [4.69, 9.17) is 4.74 Å². The standard InChI is InChI=1S/C25H34N2O4/c1-8-10-11-19-12-14-20(15-13-19)24(29)27(9-2)18(5)23(28)21-16(3)22(25(30)31-7)26(6)17(21)4/h12-15,18H,8-11H2,1-7H3/t18-/m1/s1. The van der Waals surface area contributed by atoms with Crippen LogP contribution in [-0.2, 0) is 18.2 Å². The number of hydrogen-bond acceptors (Lipinski definition) is 4. The van der Waals surface area contributed by atoms with Gasteiger partial charge in [0, 0.05) is 30.4 Å². The van der Waals surface area contributed by atoms with E-state index in [1.807, 2.05) is 31.2 Å². The van der Waals surface area contributed by atoms with Crippen LogP contribution in [0.25, 0.3) is 0 Å². The first-order valence-electron chi connectivity index (χ1n) is 10.9. The average Bonchev–Trinajstić information content (AvgIpc) is 2.99. The third-order valence-electron chi connectivity index (χ3n) is 6.02. The molecule has 0 bridgehead atoms. The van der Waals surface area contributed by atoms with Gasteiger partial charge in [-0.2, -0.15) is 0 Å². The molecule has 0 saturated heterocycles. The number of ketones is 1. The van der Waals surface area contributed by atoms with E-state index in [1.165, 1.54) is 12.7 Å². The van der Waals surface area contributed by atoms with Gasteiger partial charge < -0.3 is 14.2 Å². The van der Waals surface area contributed by atoms with Gasteiger partial charge in [0.15, 0.2) is 5.78 Å². The van der Waals surface area contributed by atoms with Crippen molar-refractivity contribution in [2.75, 3.05) is 13.7 Å². The minimum atomic E-state index is -0.664. The van der Waals surface area contributed by atoms with Gasteiger partial charge in [-0.15, -0.1) is 0 Å². The minimum absolute atomic E-state index is 0.176. The Labute approximate surface area is 185 Å². The van der Waals surface area contributed by atoms with Crippen molar-refractivity contribution in [3.05, 3.63) is 57.9 Å². The molecule has 2 rings (SSSR count). The van der Waals surface area contributed by atoms with E-state index >= 15 is 0 Å². The lowest BCUT2D eigenvalue weighted by atomic mass is 9.99. The number of amides is 1. The number of aryl methyl sites for hydroxylation is 1. The summed E-state index contributed by atoms with van der Waals surface area (Å²) >= 11 is 0. The van der Waals surface area contributed by atoms with Crippen molar-refractivity contribution in [2.24, 2.45) is 7.05 Å². The molecule has 0 N–H and O–H groups in total. The first kappa shape index (κ1) is 24.4. The van der Waals surface area contributed by atoms with Gasteiger partial charge in [0.25, 0.3) is 5.91 Å². The Kier molecular flexibility index (Phi) is 8.20. The van der Waals surface area contributed by atoms with E-state index in [0.29, 0.717) is 34.6 Å². The third-order valence-corrected chi connectivity index (χ3v) is 6.02. The first-order chi connectivity index (χ1) is 14.7. The molecule has 0 aliphatic carbocycles. The van der Waals surface area contributed by atoms with Gasteiger partial charge in [-0.05, 0) is 63.8 Å². The topological polar surface area (TPSA) is 68.6 Å². The van der Waals surface area contributed by atoms with Crippen LogP contribution in [0.5, 0.6) is 0 Å². The summed E-state index contributed by atoms with van der Waals surface area (Å²) < 4.78 is 6.54. The highest BCUT2D eigenvalue weighted by Crippen LogP contribution is 2.25. The fourth-order valence-electron chi connectivity index (χ4n) is 4.03. The molecule has 0 radical (unpaired) electrons. The molecular weight excluding hydrogens is 392 g/mol. The van der Waals surface area contributed by atoms with E-state index in [-0.39, 0.29) is 11.7 Å². The number of likely N-dealkylation sites (N-methyl/N-ethyl adjacent to an activating group) is 1. The van der Waals surface area contributed by atoms with Crippen LogP contribution >= 0.6 is 0 Å². The molecule has 0 aliphatic rings. The number of unbranched alkanes of at least 4 members (excludes halogenated alkanes) is 1. The minimum Gasteiger partial charge on any atom is -0.464 e. The number of aromatic nitrogens is 1. The Morgan fingerprint density at radius 1 is 1.10 bits per heavy atom. The van der Waals surface area contributed by atoms with Crippen molar-refractivity contribution in [1.82, 2.24) is 9.47 Å². The summed E-state index contributed by atoms with van der Waals surface area (Å²) in [4.78, 5) is 40.3. The maximum atomic E-state index is 13.4. The van der Waals surface area contributed by atoms with Crippen LogP contribution in [0.2, 0.25) is 0 Å². The summed E-state index contributed by atoms with van der Waals surface area (Å²) in [5, 5.41) is 0. The maximum absolute atomic E-state index is 13.4. The van der Waals surface area contributed by atoms with E-state index in [1.54, 1.807) is 37.3 Å². The molecule has 1 aromatic carbocycles. The van der Waals surface area contributed by atoms with Crippen LogP contribution in [0.1, 0.15) is 81.6 Å². The molecule has 0 unspecified atom stereocenters. The van der Waals surface area contributed by atoms with E-state index < -0.39 is 12.0 Å². The number of hydrogen-bond donors (Lipinski definition) is 0.